The SMILES string of the molecule is C=CCOC(=O)NC(C(=O)O)c1cc(C)cc(Br)c1. The Morgan fingerprint density at radius 1 is 1.53 bits per heavy atom. The molecule has 102 valence electrons. The minimum atomic E-state index is -1.16. The lowest BCUT2D eigenvalue weighted by molar-refractivity contribution is -0.139. The second-order valence-electron chi connectivity index (χ2n) is 3.86. The number of aryl methyl sites for hydroxylation is 1. The Balaban J connectivity index is 2.91. The van der Waals surface area contributed by atoms with Crippen molar-refractivity contribution in [1.29, 1.82) is 0 Å². The van der Waals surface area contributed by atoms with Crippen LogP contribution in [-0.4, -0.2) is 23.8 Å². The molecule has 1 aromatic carbocycles. The van der Waals surface area contributed by atoms with E-state index in [4.69, 9.17) is 4.74 Å². The highest BCUT2D eigenvalue weighted by Gasteiger charge is 2.23. The zero-order valence-corrected chi connectivity index (χ0v) is 11.9. The minimum Gasteiger partial charge on any atom is -0.479 e. The topological polar surface area (TPSA) is 75.6 Å². The summed E-state index contributed by atoms with van der Waals surface area (Å²) in [5.41, 5.74) is 1.35. The van der Waals surface area contributed by atoms with Crippen LogP contribution in [0.5, 0.6) is 0 Å². The number of benzene rings is 1. The maximum atomic E-state index is 11.4. The normalized spacial score (nSPS) is 11.5. The van der Waals surface area contributed by atoms with Gasteiger partial charge in [0.15, 0.2) is 6.04 Å². The first-order valence-electron chi connectivity index (χ1n) is 5.48. The molecule has 1 atom stereocenters. The van der Waals surface area contributed by atoms with Crippen LogP contribution in [0.1, 0.15) is 17.2 Å². The van der Waals surface area contributed by atoms with E-state index in [1.54, 1.807) is 12.1 Å². The molecule has 0 radical (unpaired) electrons. The van der Waals surface area contributed by atoms with E-state index in [0.717, 1.165) is 10.0 Å². The van der Waals surface area contributed by atoms with E-state index in [-0.39, 0.29) is 6.61 Å². The molecule has 1 amide bonds. The number of carboxylic acids is 1. The first-order chi connectivity index (χ1) is 8.93. The molecule has 2 N–H and O–H groups in total. The predicted octanol–water partition coefficient (Wildman–Crippen LogP) is 2.80. The van der Waals surface area contributed by atoms with Crippen LogP contribution in [0.15, 0.2) is 35.3 Å². The third-order valence-corrected chi connectivity index (χ3v) is 2.70. The Hall–Kier alpha value is -1.82. The molecule has 19 heavy (non-hydrogen) atoms. The fourth-order valence-electron chi connectivity index (χ4n) is 1.51. The third-order valence-electron chi connectivity index (χ3n) is 2.24. The number of nitrogens with one attached hydrogen (secondary N) is 1. The highest BCUT2D eigenvalue weighted by Crippen LogP contribution is 2.21. The molecule has 6 heteroatoms. The van der Waals surface area contributed by atoms with Crippen molar-refractivity contribution in [2.45, 2.75) is 13.0 Å². The van der Waals surface area contributed by atoms with E-state index in [1.807, 2.05) is 13.0 Å². The van der Waals surface area contributed by atoms with Gasteiger partial charge in [-0.2, -0.15) is 0 Å². The number of aliphatic carboxylic acids is 1. The van der Waals surface area contributed by atoms with Crippen LogP contribution in [0.4, 0.5) is 4.79 Å². The van der Waals surface area contributed by atoms with Gasteiger partial charge in [0, 0.05) is 4.47 Å². The van der Waals surface area contributed by atoms with Crippen LogP contribution in [0.3, 0.4) is 0 Å². The summed E-state index contributed by atoms with van der Waals surface area (Å²) in [6.45, 7) is 5.26. The molecule has 0 fully saturated rings. The number of alkyl carbamates (subject to hydrolysis) is 1. The molecule has 0 bridgehead atoms. The monoisotopic (exact) mass is 327 g/mol. The van der Waals surface area contributed by atoms with Gasteiger partial charge in [-0.3, -0.25) is 0 Å². The number of amides is 1. The van der Waals surface area contributed by atoms with Crippen molar-refractivity contribution in [3.05, 3.63) is 46.5 Å². The van der Waals surface area contributed by atoms with E-state index >= 15 is 0 Å². The minimum absolute atomic E-state index is 0.0235. The van der Waals surface area contributed by atoms with E-state index < -0.39 is 18.1 Å². The number of ether oxygens (including phenoxy) is 1. The van der Waals surface area contributed by atoms with Gasteiger partial charge in [-0.25, -0.2) is 9.59 Å². The zero-order chi connectivity index (χ0) is 14.4. The molecule has 0 aliphatic carbocycles. The zero-order valence-electron chi connectivity index (χ0n) is 10.4. The lowest BCUT2D eigenvalue weighted by Crippen LogP contribution is -2.34. The van der Waals surface area contributed by atoms with Gasteiger partial charge in [0.05, 0.1) is 0 Å². The molecule has 0 aliphatic rings. The highest BCUT2D eigenvalue weighted by atomic mass is 79.9. The first kappa shape index (κ1) is 15.2. The number of carboxylic acid groups (broad SMARTS) is 1. The summed E-state index contributed by atoms with van der Waals surface area (Å²) in [6.07, 6.45) is 0.600. The van der Waals surface area contributed by atoms with Crippen molar-refractivity contribution in [3.8, 4) is 0 Å². The van der Waals surface area contributed by atoms with Crippen LogP contribution in [0.2, 0.25) is 0 Å². The first-order valence-corrected chi connectivity index (χ1v) is 6.27. The van der Waals surface area contributed by atoms with Crippen LogP contribution in [0.25, 0.3) is 0 Å². The second-order valence-corrected chi connectivity index (χ2v) is 4.78. The highest BCUT2D eigenvalue weighted by molar-refractivity contribution is 9.10. The molecule has 0 aromatic heterocycles. The molecule has 1 rings (SSSR count). The van der Waals surface area contributed by atoms with Crippen molar-refractivity contribution >= 4 is 28.0 Å². The Labute approximate surface area is 119 Å². The number of carbonyl (C=O) groups is 2. The van der Waals surface area contributed by atoms with Crippen LogP contribution in [-0.2, 0) is 9.53 Å². The van der Waals surface area contributed by atoms with Crippen molar-refractivity contribution in [2.24, 2.45) is 0 Å². The van der Waals surface area contributed by atoms with Gasteiger partial charge in [-0.15, -0.1) is 0 Å². The van der Waals surface area contributed by atoms with Crippen LogP contribution < -0.4 is 5.32 Å². The largest absolute Gasteiger partial charge is 0.479 e. The van der Waals surface area contributed by atoms with Crippen molar-refractivity contribution in [2.75, 3.05) is 6.61 Å². The van der Waals surface area contributed by atoms with Gasteiger partial charge in [0.1, 0.15) is 6.61 Å². The summed E-state index contributed by atoms with van der Waals surface area (Å²) >= 11 is 3.29. The summed E-state index contributed by atoms with van der Waals surface area (Å²) in [5, 5.41) is 11.5. The lowest BCUT2D eigenvalue weighted by Gasteiger charge is -2.15. The van der Waals surface area contributed by atoms with E-state index in [0.29, 0.717) is 5.56 Å². The molecule has 0 saturated carbocycles. The van der Waals surface area contributed by atoms with Gasteiger partial charge >= 0.3 is 12.1 Å². The van der Waals surface area contributed by atoms with Crippen molar-refractivity contribution in [1.82, 2.24) is 5.32 Å². The summed E-state index contributed by atoms with van der Waals surface area (Å²) in [4.78, 5) is 22.6. The molecule has 0 heterocycles. The van der Waals surface area contributed by atoms with Gasteiger partial charge in [0.2, 0.25) is 0 Å². The predicted molar refractivity (Wildman–Crippen MR) is 73.9 cm³/mol. The summed E-state index contributed by atoms with van der Waals surface area (Å²) in [7, 11) is 0. The third kappa shape index (κ3) is 4.75. The number of hydrogen-bond acceptors (Lipinski definition) is 3. The molecule has 1 unspecified atom stereocenters. The van der Waals surface area contributed by atoms with E-state index in [1.165, 1.54) is 6.08 Å². The standard InChI is InChI=1S/C13H14BrNO4/c1-3-4-19-13(18)15-11(12(16)17)9-5-8(2)6-10(14)7-9/h3,5-7,11H,1,4H2,2H3,(H,15,18)(H,16,17). The van der Waals surface area contributed by atoms with Crippen molar-refractivity contribution in [3.63, 3.8) is 0 Å². The molecule has 0 aliphatic heterocycles. The second kappa shape index (κ2) is 6.94. The van der Waals surface area contributed by atoms with E-state index in [9.17, 15) is 14.7 Å². The van der Waals surface area contributed by atoms with Crippen LogP contribution in [0, 0.1) is 6.92 Å². The Kier molecular flexibility index (Phi) is 5.57. The Morgan fingerprint density at radius 3 is 2.74 bits per heavy atom. The molecule has 0 spiro atoms. The van der Waals surface area contributed by atoms with Crippen molar-refractivity contribution < 1.29 is 19.4 Å². The molecular weight excluding hydrogens is 314 g/mol. The quantitative estimate of drug-likeness (QED) is 0.815. The smallest absolute Gasteiger partial charge is 0.408 e. The summed E-state index contributed by atoms with van der Waals surface area (Å²) < 4.78 is 5.46. The summed E-state index contributed by atoms with van der Waals surface area (Å²) in [6, 6.07) is 4.02. The number of hydrogen-bond donors (Lipinski definition) is 2. The maximum absolute atomic E-state index is 11.4. The fraction of sp³-hybridized carbons (Fsp3) is 0.231. The average molecular weight is 328 g/mol. The maximum Gasteiger partial charge on any atom is 0.408 e. The lowest BCUT2D eigenvalue weighted by atomic mass is 10.0. The van der Waals surface area contributed by atoms with Gasteiger partial charge in [-0.05, 0) is 30.2 Å². The van der Waals surface area contributed by atoms with Gasteiger partial charge in [0.25, 0.3) is 0 Å². The van der Waals surface area contributed by atoms with E-state index in [2.05, 4.69) is 27.8 Å². The molecule has 5 nitrogen and oxygen atoms in total. The molecule has 0 saturated heterocycles. The Morgan fingerprint density at radius 2 is 2.21 bits per heavy atom. The number of rotatable bonds is 5. The van der Waals surface area contributed by atoms with Crippen LogP contribution >= 0.6 is 15.9 Å². The van der Waals surface area contributed by atoms with Gasteiger partial charge in [-0.1, -0.05) is 34.7 Å². The van der Waals surface area contributed by atoms with Gasteiger partial charge < -0.3 is 15.2 Å². The fourth-order valence-corrected chi connectivity index (χ4v) is 2.14. The number of halogens is 1. The average Bonchev–Trinajstić information content (AvgIpc) is 2.31. The molecule has 1 aromatic rings. The Bertz CT molecular complexity index is 481. The number of carbonyl (C=O) groups excluding carboxylic acids is 1. The molecular formula is C13H14BrNO4. The summed E-state index contributed by atoms with van der Waals surface area (Å²) in [5.74, 6) is -1.16.